The molecule has 106 valence electrons. The third-order valence-electron chi connectivity index (χ3n) is 2.96. The van der Waals surface area contributed by atoms with E-state index in [1.165, 1.54) is 6.92 Å². The van der Waals surface area contributed by atoms with E-state index >= 15 is 0 Å². The predicted molar refractivity (Wildman–Crippen MR) is 73.8 cm³/mol. The van der Waals surface area contributed by atoms with Crippen molar-refractivity contribution < 1.29 is 17.9 Å². The first kappa shape index (κ1) is 15.7. The molecule has 0 amide bonds. The van der Waals surface area contributed by atoms with Crippen molar-refractivity contribution in [3.63, 3.8) is 0 Å². The fraction of sp³-hybridized carbons (Fsp3) is 0.500. The van der Waals surface area contributed by atoms with Gasteiger partial charge < -0.3 is 4.74 Å². The minimum Gasteiger partial charge on any atom is -0.465 e. The molecule has 19 heavy (non-hydrogen) atoms. The van der Waals surface area contributed by atoms with Gasteiger partial charge in [-0.2, -0.15) is 0 Å². The Bertz CT molecular complexity index is 529. The van der Waals surface area contributed by atoms with Crippen LogP contribution in [0.15, 0.2) is 29.2 Å². The second-order valence-electron chi connectivity index (χ2n) is 4.66. The van der Waals surface area contributed by atoms with Crippen LogP contribution in [0.3, 0.4) is 0 Å². The van der Waals surface area contributed by atoms with Crippen LogP contribution in [0, 0.1) is 0 Å². The van der Waals surface area contributed by atoms with Gasteiger partial charge in [-0.1, -0.05) is 26.0 Å². The van der Waals surface area contributed by atoms with E-state index in [0.29, 0.717) is 5.92 Å². The number of ether oxygens (including phenoxy) is 1. The van der Waals surface area contributed by atoms with Crippen LogP contribution >= 0.6 is 0 Å². The summed E-state index contributed by atoms with van der Waals surface area (Å²) in [5.74, 6) is -0.380. The van der Waals surface area contributed by atoms with Gasteiger partial charge in [0.15, 0.2) is 15.1 Å². The van der Waals surface area contributed by atoms with E-state index < -0.39 is 21.1 Å². The molecule has 1 aromatic rings. The van der Waals surface area contributed by atoms with E-state index in [9.17, 15) is 13.2 Å². The van der Waals surface area contributed by atoms with E-state index in [4.69, 9.17) is 4.74 Å². The zero-order chi connectivity index (χ0) is 14.6. The zero-order valence-electron chi connectivity index (χ0n) is 11.7. The molecule has 0 heterocycles. The van der Waals surface area contributed by atoms with Crippen LogP contribution in [0.2, 0.25) is 0 Å². The number of hydrogen-bond acceptors (Lipinski definition) is 4. The van der Waals surface area contributed by atoms with Crippen molar-refractivity contribution in [1.82, 2.24) is 0 Å². The molecule has 1 atom stereocenters. The van der Waals surface area contributed by atoms with Gasteiger partial charge in [0.1, 0.15) is 0 Å². The average molecular weight is 284 g/mol. The van der Waals surface area contributed by atoms with Gasteiger partial charge in [-0.05, 0) is 37.5 Å². The van der Waals surface area contributed by atoms with E-state index in [2.05, 4.69) is 0 Å². The number of carbonyl (C=O) groups is 1. The van der Waals surface area contributed by atoms with Crippen LogP contribution in [0.5, 0.6) is 0 Å². The molecular formula is C14H20O4S. The highest BCUT2D eigenvalue weighted by Gasteiger charge is 2.30. The monoisotopic (exact) mass is 284 g/mol. The Morgan fingerprint density at radius 2 is 1.68 bits per heavy atom. The molecular weight excluding hydrogens is 264 g/mol. The van der Waals surface area contributed by atoms with Crippen molar-refractivity contribution in [3.05, 3.63) is 29.8 Å². The molecule has 0 aromatic heterocycles. The molecule has 0 fully saturated rings. The predicted octanol–water partition coefficient (Wildman–Crippen LogP) is 2.54. The van der Waals surface area contributed by atoms with Crippen molar-refractivity contribution >= 4 is 15.8 Å². The minimum absolute atomic E-state index is 0.150. The van der Waals surface area contributed by atoms with Crippen LogP contribution in [0.25, 0.3) is 0 Å². The average Bonchev–Trinajstić information content (AvgIpc) is 2.38. The van der Waals surface area contributed by atoms with Gasteiger partial charge in [0.2, 0.25) is 0 Å². The minimum atomic E-state index is -3.68. The smallest absolute Gasteiger partial charge is 0.324 e. The quantitative estimate of drug-likeness (QED) is 0.780. The van der Waals surface area contributed by atoms with E-state index in [0.717, 1.165) is 5.56 Å². The highest BCUT2D eigenvalue weighted by molar-refractivity contribution is 7.92. The maximum atomic E-state index is 12.2. The van der Waals surface area contributed by atoms with Gasteiger partial charge in [-0.3, -0.25) is 4.79 Å². The Kier molecular flexibility index (Phi) is 5.11. The highest BCUT2D eigenvalue weighted by Crippen LogP contribution is 2.21. The van der Waals surface area contributed by atoms with Crippen molar-refractivity contribution in [2.24, 2.45) is 0 Å². The Hall–Kier alpha value is -1.36. The first-order valence-electron chi connectivity index (χ1n) is 6.31. The van der Waals surface area contributed by atoms with Crippen LogP contribution in [-0.2, 0) is 19.4 Å². The largest absolute Gasteiger partial charge is 0.465 e. The summed E-state index contributed by atoms with van der Waals surface area (Å²) in [6.07, 6.45) is 0. The lowest BCUT2D eigenvalue weighted by atomic mass is 10.0. The van der Waals surface area contributed by atoms with E-state index in [1.54, 1.807) is 31.2 Å². The standard InChI is InChI=1S/C14H20O4S/c1-5-18-14(15)11(4)19(16,17)13-8-6-12(7-9-13)10(2)3/h6-11H,5H2,1-4H3. The zero-order valence-corrected chi connectivity index (χ0v) is 12.5. The number of carbonyl (C=O) groups excluding carboxylic acids is 1. The summed E-state index contributed by atoms with van der Waals surface area (Å²) >= 11 is 0. The number of rotatable bonds is 5. The molecule has 0 aliphatic rings. The molecule has 1 aromatic carbocycles. The Morgan fingerprint density at radius 3 is 2.11 bits per heavy atom. The van der Waals surface area contributed by atoms with Crippen LogP contribution in [0.1, 0.15) is 39.2 Å². The molecule has 0 aliphatic heterocycles. The summed E-state index contributed by atoms with van der Waals surface area (Å²) < 4.78 is 29.2. The topological polar surface area (TPSA) is 60.4 Å². The maximum Gasteiger partial charge on any atom is 0.324 e. The van der Waals surface area contributed by atoms with Gasteiger partial charge in [0.05, 0.1) is 11.5 Å². The summed E-state index contributed by atoms with van der Waals surface area (Å²) in [4.78, 5) is 11.7. The molecule has 0 aliphatic carbocycles. The van der Waals surface area contributed by atoms with E-state index in [-0.39, 0.29) is 11.5 Å². The summed E-state index contributed by atoms with van der Waals surface area (Å²) in [6.45, 7) is 7.23. The Morgan fingerprint density at radius 1 is 1.16 bits per heavy atom. The third-order valence-corrected chi connectivity index (χ3v) is 5.01. The lowest BCUT2D eigenvalue weighted by Gasteiger charge is -2.13. The van der Waals surface area contributed by atoms with Crippen molar-refractivity contribution in [2.45, 2.75) is 43.8 Å². The Balaban J connectivity index is 3.03. The molecule has 0 saturated carbocycles. The fourth-order valence-electron chi connectivity index (χ4n) is 1.63. The summed E-state index contributed by atoms with van der Waals surface area (Å²) in [7, 11) is -3.68. The number of hydrogen-bond donors (Lipinski definition) is 0. The summed E-state index contributed by atoms with van der Waals surface area (Å²) in [6, 6.07) is 6.63. The van der Waals surface area contributed by atoms with Crippen molar-refractivity contribution in [1.29, 1.82) is 0 Å². The molecule has 0 spiro atoms. The molecule has 5 heteroatoms. The molecule has 1 rings (SSSR count). The molecule has 0 radical (unpaired) electrons. The number of esters is 1. The van der Waals surface area contributed by atoms with Gasteiger partial charge in [0, 0.05) is 0 Å². The number of benzene rings is 1. The van der Waals surface area contributed by atoms with Crippen molar-refractivity contribution in [3.8, 4) is 0 Å². The maximum absolute atomic E-state index is 12.2. The lowest BCUT2D eigenvalue weighted by Crippen LogP contribution is -2.29. The summed E-state index contributed by atoms with van der Waals surface area (Å²) in [5.41, 5.74) is 1.06. The highest BCUT2D eigenvalue weighted by atomic mass is 32.2. The van der Waals surface area contributed by atoms with Gasteiger partial charge in [0.25, 0.3) is 0 Å². The van der Waals surface area contributed by atoms with Gasteiger partial charge in [-0.15, -0.1) is 0 Å². The number of sulfone groups is 1. The SMILES string of the molecule is CCOC(=O)C(C)S(=O)(=O)c1ccc(C(C)C)cc1. The van der Waals surface area contributed by atoms with Crippen LogP contribution in [-0.4, -0.2) is 26.2 Å². The summed E-state index contributed by atoms with van der Waals surface area (Å²) in [5, 5.41) is -1.18. The molecule has 0 saturated heterocycles. The molecule has 0 bridgehead atoms. The normalized spacial score (nSPS) is 13.3. The van der Waals surface area contributed by atoms with Crippen LogP contribution < -0.4 is 0 Å². The lowest BCUT2D eigenvalue weighted by molar-refractivity contribution is -0.142. The second-order valence-corrected chi connectivity index (χ2v) is 6.93. The first-order valence-corrected chi connectivity index (χ1v) is 7.85. The molecule has 1 unspecified atom stereocenters. The molecule has 0 N–H and O–H groups in total. The van der Waals surface area contributed by atoms with Gasteiger partial charge in [-0.25, -0.2) is 8.42 Å². The Labute approximate surface area is 114 Å². The second kappa shape index (κ2) is 6.19. The third kappa shape index (κ3) is 3.56. The van der Waals surface area contributed by atoms with Crippen molar-refractivity contribution in [2.75, 3.05) is 6.61 Å². The fourth-order valence-corrected chi connectivity index (χ4v) is 2.88. The van der Waals surface area contributed by atoms with E-state index in [1.807, 2.05) is 13.8 Å². The van der Waals surface area contributed by atoms with Gasteiger partial charge >= 0.3 is 5.97 Å². The first-order chi connectivity index (χ1) is 8.80. The molecule has 4 nitrogen and oxygen atoms in total. The van der Waals surface area contributed by atoms with Crippen LogP contribution in [0.4, 0.5) is 0 Å².